The summed E-state index contributed by atoms with van der Waals surface area (Å²) in [6.45, 7) is 5.57. The van der Waals surface area contributed by atoms with Crippen molar-refractivity contribution in [2.45, 2.75) is 20.1 Å². The summed E-state index contributed by atoms with van der Waals surface area (Å²) in [4.78, 5) is 46.1. The summed E-state index contributed by atoms with van der Waals surface area (Å²) in [7, 11) is 6.84. The zero-order chi connectivity index (χ0) is 38.9. The molecule has 11 nitrogen and oxygen atoms in total. The van der Waals surface area contributed by atoms with Gasteiger partial charge in [0.1, 0.15) is 36.2 Å². The average molecular weight is 743 g/mol. The summed E-state index contributed by atoms with van der Waals surface area (Å²) in [5, 5.41) is 2.90. The van der Waals surface area contributed by atoms with Crippen LogP contribution in [0.3, 0.4) is 0 Å². The molecule has 0 spiro atoms. The number of anilines is 2. The maximum atomic E-state index is 13.6. The highest BCUT2D eigenvalue weighted by atomic mass is 16.5. The van der Waals surface area contributed by atoms with Gasteiger partial charge in [0.2, 0.25) is 0 Å². The minimum Gasteiger partial charge on any atom is -0.497 e. The molecule has 3 amide bonds. The number of likely N-dealkylation sites (N-methyl/N-ethyl adjacent to an activating group) is 1. The topological polar surface area (TPSA) is 110 Å². The van der Waals surface area contributed by atoms with Gasteiger partial charge in [-0.1, -0.05) is 42.0 Å². The molecule has 0 saturated carbocycles. The van der Waals surface area contributed by atoms with Crippen LogP contribution in [-0.4, -0.2) is 82.0 Å². The fourth-order valence-electron chi connectivity index (χ4n) is 6.21. The van der Waals surface area contributed by atoms with E-state index in [1.807, 2.05) is 54.3 Å². The molecule has 5 aromatic carbocycles. The van der Waals surface area contributed by atoms with Crippen LogP contribution in [0.4, 0.5) is 11.4 Å². The van der Waals surface area contributed by atoms with Crippen molar-refractivity contribution in [2.75, 3.05) is 64.7 Å². The summed E-state index contributed by atoms with van der Waals surface area (Å²) in [6.07, 6.45) is 0. The zero-order valence-corrected chi connectivity index (χ0v) is 31.8. The van der Waals surface area contributed by atoms with Crippen molar-refractivity contribution in [3.63, 3.8) is 0 Å². The molecule has 0 unspecified atom stereocenters. The highest BCUT2D eigenvalue weighted by Crippen LogP contribution is 2.30. The molecule has 1 aliphatic heterocycles. The van der Waals surface area contributed by atoms with E-state index in [4.69, 9.17) is 18.9 Å². The molecule has 6 rings (SSSR count). The van der Waals surface area contributed by atoms with Crippen molar-refractivity contribution in [1.82, 2.24) is 9.80 Å². The highest BCUT2D eigenvalue weighted by molar-refractivity contribution is 6.09. The van der Waals surface area contributed by atoms with E-state index < -0.39 is 0 Å². The number of amides is 3. The lowest BCUT2D eigenvalue weighted by atomic mass is 10.0. The molecule has 0 aliphatic carbocycles. The van der Waals surface area contributed by atoms with E-state index in [0.29, 0.717) is 58.4 Å². The van der Waals surface area contributed by atoms with Crippen molar-refractivity contribution in [3.8, 4) is 23.0 Å². The first kappa shape index (κ1) is 38.4. The van der Waals surface area contributed by atoms with E-state index in [-0.39, 0.29) is 30.9 Å². The number of rotatable bonds is 13. The second-order valence-electron chi connectivity index (χ2n) is 13.4. The summed E-state index contributed by atoms with van der Waals surface area (Å²) >= 11 is 0. The van der Waals surface area contributed by atoms with E-state index in [9.17, 15) is 14.4 Å². The van der Waals surface area contributed by atoms with Gasteiger partial charge >= 0.3 is 0 Å². The Bertz CT molecular complexity index is 2130. The molecule has 0 bridgehead atoms. The Labute approximate surface area is 322 Å². The molecule has 284 valence electrons. The number of nitrogens with zero attached hydrogens (tertiary/aromatic N) is 3. The Morgan fingerprint density at radius 1 is 0.709 bits per heavy atom. The molecule has 1 heterocycles. The van der Waals surface area contributed by atoms with Crippen LogP contribution in [0.2, 0.25) is 0 Å². The van der Waals surface area contributed by atoms with Gasteiger partial charge in [-0.2, -0.15) is 0 Å². The number of nitrogens with one attached hydrogen (secondary N) is 1. The Morgan fingerprint density at radius 3 is 2.13 bits per heavy atom. The fourth-order valence-corrected chi connectivity index (χ4v) is 6.21. The van der Waals surface area contributed by atoms with Crippen molar-refractivity contribution >= 4 is 29.1 Å². The van der Waals surface area contributed by atoms with Crippen molar-refractivity contribution in [3.05, 3.63) is 143 Å². The average Bonchev–Trinajstić information content (AvgIpc) is 3.22. The largest absolute Gasteiger partial charge is 0.497 e. The molecule has 1 aliphatic rings. The van der Waals surface area contributed by atoms with Gasteiger partial charge in [0.05, 0.1) is 25.5 Å². The van der Waals surface area contributed by atoms with E-state index in [1.54, 1.807) is 80.9 Å². The molecule has 0 radical (unpaired) electrons. The number of methoxy groups -OCH3 is 2. The number of hydrogen-bond donors (Lipinski definition) is 1. The molecular weight excluding hydrogens is 697 g/mol. The van der Waals surface area contributed by atoms with Crippen molar-refractivity contribution < 1.29 is 33.3 Å². The van der Waals surface area contributed by atoms with Crippen LogP contribution in [0.5, 0.6) is 23.0 Å². The molecule has 55 heavy (non-hydrogen) atoms. The summed E-state index contributed by atoms with van der Waals surface area (Å²) in [6, 6.07) is 32.5. The lowest BCUT2D eigenvalue weighted by Crippen LogP contribution is -2.47. The first-order valence-corrected chi connectivity index (χ1v) is 18.1. The van der Waals surface area contributed by atoms with Crippen LogP contribution < -0.4 is 29.2 Å². The van der Waals surface area contributed by atoms with E-state index >= 15 is 0 Å². The normalized spacial score (nSPS) is 12.8. The number of hydrogen-bond acceptors (Lipinski definition) is 8. The summed E-state index contributed by atoms with van der Waals surface area (Å²) in [5.41, 5.74) is 5.20. The van der Waals surface area contributed by atoms with Crippen LogP contribution >= 0.6 is 0 Å². The Hall–Kier alpha value is -6.33. The molecule has 5 aromatic rings. The Balaban J connectivity index is 1.07. The third-order valence-corrected chi connectivity index (χ3v) is 9.59. The smallest absolute Gasteiger partial charge is 0.259 e. The zero-order valence-electron chi connectivity index (χ0n) is 31.8. The standard InChI is InChI=1S/C44H46N4O7/c1-30-10-13-33(38(26-30)44(51)48-24-22-46(2)23-25-48)29-54-36-19-15-34(16-20-36)47(3)43(50)32-14-21-39(41(27-32)53-5)45-42(49)37-8-6-7-9-40(37)55-28-31-11-17-35(52-4)18-12-31/h6-21,26-27H,22-25,28-29H2,1-5H3,(H,45,49). The SMILES string of the molecule is COc1ccc(COc2ccccc2C(=O)Nc2ccc(C(=O)N(C)c3ccc(OCc4ccc(C)cc4C(=O)N4CCN(C)CC4)cc3)cc2OC)cc1. The van der Waals surface area contributed by atoms with E-state index in [1.165, 1.54) is 12.0 Å². The molecule has 1 fully saturated rings. The minimum absolute atomic E-state index is 0.0227. The number of aryl methyl sites for hydroxylation is 1. The van der Waals surface area contributed by atoms with E-state index in [0.717, 1.165) is 35.5 Å². The second-order valence-corrected chi connectivity index (χ2v) is 13.4. The van der Waals surface area contributed by atoms with Crippen molar-refractivity contribution in [1.29, 1.82) is 0 Å². The van der Waals surface area contributed by atoms with Gasteiger partial charge in [-0.25, -0.2) is 0 Å². The number of piperazine rings is 1. The first-order chi connectivity index (χ1) is 26.6. The Kier molecular flexibility index (Phi) is 12.3. The van der Waals surface area contributed by atoms with Crippen LogP contribution in [0, 0.1) is 6.92 Å². The first-order valence-electron chi connectivity index (χ1n) is 18.1. The van der Waals surface area contributed by atoms with Crippen molar-refractivity contribution in [2.24, 2.45) is 0 Å². The van der Waals surface area contributed by atoms with Gasteiger partial charge in [0, 0.05) is 55.6 Å². The molecule has 11 heteroatoms. The number of para-hydroxylation sites is 1. The highest BCUT2D eigenvalue weighted by Gasteiger charge is 2.23. The number of benzene rings is 5. The monoisotopic (exact) mass is 742 g/mol. The third kappa shape index (κ3) is 9.43. The molecule has 0 atom stereocenters. The number of carbonyl (C=O) groups excluding carboxylic acids is 3. The summed E-state index contributed by atoms with van der Waals surface area (Å²) in [5.74, 6) is 1.48. The van der Waals surface area contributed by atoms with Gasteiger partial charge in [-0.05, 0) is 92.3 Å². The number of ether oxygens (including phenoxy) is 4. The maximum absolute atomic E-state index is 13.6. The Morgan fingerprint density at radius 2 is 1.42 bits per heavy atom. The van der Waals surface area contributed by atoms with Gasteiger partial charge in [-0.15, -0.1) is 0 Å². The van der Waals surface area contributed by atoms with Crippen LogP contribution in [-0.2, 0) is 13.2 Å². The predicted octanol–water partition coefficient (Wildman–Crippen LogP) is 7.09. The quantitative estimate of drug-likeness (QED) is 0.136. The maximum Gasteiger partial charge on any atom is 0.259 e. The second kappa shape index (κ2) is 17.7. The molecule has 1 N–H and O–H groups in total. The lowest BCUT2D eigenvalue weighted by molar-refractivity contribution is 0.0661. The van der Waals surface area contributed by atoms with Gasteiger partial charge in [0.15, 0.2) is 0 Å². The minimum atomic E-state index is -0.387. The van der Waals surface area contributed by atoms with Gasteiger partial charge in [-0.3, -0.25) is 14.4 Å². The van der Waals surface area contributed by atoms with Gasteiger partial charge < -0.3 is 39.0 Å². The van der Waals surface area contributed by atoms with Gasteiger partial charge in [0.25, 0.3) is 17.7 Å². The molecular formula is C44H46N4O7. The number of carbonyl (C=O) groups is 3. The fraction of sp³-hybridized carbons (Fsp3) is 0.250. The lowest BCUT2D eigenvalue weighted by Gasteiger charge is -2.33. The third-order valence-electron chi connectivity index (χ3n) is 9.59. The van der Waals surface area contributed by atoms with Crippen LogP contribution in [0.1, 0.15) is 47.8 Å². The van der Waals surface area contributed by atoms with E-state index in [2.05, 4.69) is 17.3 Å². The van der Waals surface area contributed by atoms with Crippen LogP contribution in [0.25, 0.3) is 0 Å². The predicted molar refractivity (Wildman–Crippen MR) is 213 cm³/mol. The molecule has 1 saturated heterocycles. The van der Waals surface area contributed by atoms with Crippen LogP contribution in [0.15, 0.2) is 109 Å². The summed E-state index contributed by atoms with van der Waals surface area (Å²) < 4.78 is 22.9. The molecule has 0 aromatic heterocycles.